The van der Waals surface area contributed by atoms with E-state index in [0.717, 1.165) is 18.4 Å². The molecule has 0 aromatic rings. The average molecular weight is 309 g/mol. The molecule has 0 heterocycles. The molecule has 0 saturated carbocycles. The first-order valence-electron chi connectivity index (χ1n) is 6.07. The summed E-state index contributed by atoms with van der Waals surface area (Å²) >= 11 is 0. The largest absolute Gasteiger partial charge is 0.382 e. The van der Waals surface area contributed by atoms with Gasteiger partial charge >= 0.3 is 15.4 Å². The Morgan fingerprint density at radius 2 is 1.84 bits per heavy atom. The van der Waals surface area contributed by atoms with Gasteiger partial charge in [-0.05, 0) is 33.6 Å². The van der Waals surface area contributed by atoms with Gasteiger partial charge in [0.2, 0.25) is 6.35 Å². The Balaban J connectivity index is 4.58. The molecular weight excluding hydrogens is 286 g/mol. The molecule has 0 aromatic carbocycles. The summed E-state index contributed by atoms with van der Waals surface area (Å²) in [6.45, 7) is 5.89. The van der Waals surface area contributed by atoms with Crippen LogP contribution in [-0.2, 0) is 9.13 Å². The lowest BCUT2D eigenvalue weighted by Gasteiger charge is -2.07. The summed E-state index contributed by atoms with van der Waals surface area (Å²) in [5.41, 5.74) is 2.22. The van der Waals surface area contributed by atoms with Crippen molar-refractivity contribution in [3.8, 4) is 0 Å². The third-order valence-corrected chi connectivity index (χ3v) is 6.45. The first kappa shape index (κ1) is 18.7. The summed E-state index contributed by atoms with van der Waals surface area (Å²) < 4.78 is 22.7. The van der Waals surface area contributed by atoms with E-state index in [0.29, 0.717) is 0 Å². The Morgan fingerprint density at radius 3 is 2.26 bits per heavy atom. The summed E-state index contributed by atoms with van der Waals surface area (Å²) in [6, 6.07) is 0. The van der Waals surface area contributed by atoms with Crippen molar-refractivity contribution in [2.75, 3.05) is 6.35 Å². The summed E-state index contributed by atoms with van der Waals surface area (Å²) in [6.07, 6.45) is 4.79. The van der Waals surface area contributed by atoms with Crippen molar-refractivity contribution in [2.45, 2.75) is 45.4 Å². The maximum absolute atomic E-state index is 11.4. The summed E-state index contributed by atoms with van der Waals surface area (Å²) in [7, 11) is -6.74. The monoisotopic (exact) mass is 309 g/mol. The molecule has 0 fully saturated rings. The van der Waals surface area contributed by atoms with E-state index in [1.807, 2.05) is 20.8 Å². The molecule has 0 spiro atoms. The first-order chi connectivity index (χ1) is 8.68. The lowest BCUT2D eigenvalue weighted by molar-refractivity contribution is 0.352. The number of aliphatic hydroxyl groups excluding tert-OH is 1. The lowest BCUT2D eigenvalue weighted by atomic mass is 10.1. The van der Waals surface area contributed by atoms with Gasteiger partial charge in [-0.3, -0.25) is 4.57 Å². The highest BCUT2D eigenvalue weighted by atomic mass is 31.2. The Morgan fingerprint density at radius 1 is 1.26 bits per heavy atom. The van der Waals surface area contributed by atoms with Crippen molar-refractivity contribution in [3.05, 3.63) is 23.3 Å². The minimum Gasteiger partial charge on any atom is -0.353 e. The molecule has 7 heteroatoms. The van der Waals surface area contributed by atoms with Crippen LogP contribution in [0.25, 0.3) is 0 Å². The van der Waals surface area contributed by atoms with Crippen LogP contribution in [0.1, 0.15) is 40.0 Å². The third-order valence-electron chi connectivity index (χ3n) is 2.63. The Hall–Kier alpha value is -0.310. The standard InChI is InChI=1S/C12H22O5P2/c1-10(2)5-4-6-11(3)7-8-12(18(14)9-13)19(15,16)17/h5,7,12-13H,4,6,8-9H2,1-3H3,(H-,15,16,17)/p+1. The fourth-order valence-corrected chi connectivity index (χ4v) is 3.98. The van der Waals surface area contributed by atoms with Crippen LogP contribution >= 0.6 is 15.4 Å². The fraction of sp³-hybridized carbons (Fsp3) is 0.667. The highest BCUT2D eigenvalue weighted by Gasteiger charge is 2.43. The van der Waals surface area contributed by atoms with Crippen molar-refractivity contribution >= 4 is 15.4 Å². The third kappa shape index (κ3) is 8.46. The molecule has 0 aliphatic rings. The average Bonchev–Trinajstić information content (AvgIpc) is 2.26. The first-order valence-corrected chi connectivity index (χ1v) is 9.27. The zero-order chi connectivity index (χ0) is 15.1. The lowest BCUT2D eigenvalue weighted by Crippen LogP contribution is -2.04. The highest BCUT2D eigenvalue weighted by molar-refractivity contribution is 7.67. The Kier molecular flexibility index (Phi) is 8.64. The van der Waals surface area contributed by atoms with Gasteiger partial charge in [-0.15, -0.1) is 0 Å². The van der Waals surface area contributed by atoms with Crippen LogP contribution in [0.5, 0.6) is 0 Å². The topological polar surface area (TPSA) is 94.8 Å². The molecule has 0 bridgehead atoms. The summed E-state index contributed by atoms with van der Waals surface area (Å²) in [5.74, 6) is 0. The molecule has 2 unspecified atom stereocenters. The van der Waals surface area contributed by atoms with E-state index in [9.17, 15) is 9.13 Å². The normalized spacial score (nSPS) is 15.1. The number of hydrogen-bond donors (Lipinski definition) is 3. The van der Waals surface area contributed by atoms with Gasteiger partial charge in [-0.1, -0.05) is 27.9 Å². The molecule has 110 valence electrons. The minimum absolute atomic E-state index is 0.0285. The molecular formula is C12H23O5P2+. The number of rotatable bonds is 8. The van der Waals surface area contributed by atoms with E-state index in [1.165, 1.54) is 5.57 Å². The van der Waals surface area contributed by atoms with Crippen LogP contribution in [0.15, 0.2) is 23.3 Å². The second-order valence-corrected chi connectivity index (χ2v) is 8.68. The molecule has 0 aliphatic carbocycles. The molecule has 0 amide bonds. The van der Waals surface area contributed by atoms with E-state index >= 15 is 0 Å². The maximum Gasteiger partial charge on any atom is 0.382 e. The van der Waals surface area contributed by atoms with Gasteiger partial charge in [0.1, 0.15) is 0 Å². The summed E-state index contributed by atoms with van der Waals surface area (Å²) in [4.78, 5) is 18.2. The predicted molar refractivity (Wildman–Crippen MR) is 77.6 cm³/mol. The van der Waals surface area contributed by atoms with Gasteiger partial charge in [0, 0.05) is 6.42 Å². The van der Waals surface area contributed by atoms with Crippen LogP contribution < -0.4 is 0 Å². The van der Waals surface area contributed by atoms with Crippen molar-refractivity contribution in [2.24, 2.45) is 0 Å². The molecule has 0 radical (unpaired) electrons. The maximum atomic E-state index is 11.4. The molecule has 0 aromatic heterocycles. The van der Waals surface area contributed by atoms with Gasteiger partial charge in [0.15, 0.2) is 0 Å². The minimum atomic E-state index is -4.45. The fourth-order valence-electron chi connectivity index (χ4n) is 1.51. The van der Waals surface area contributed by atoms with E-state index in [2.05, 4.69) is 6.08 Å². The molecule has 3 N–H and O–H groups in total. The second-order valence-electron chi connectivity index (χ2n) is 4.73. The molecule has 5 nitrogen and oxygen atoms in total. The van der Waals surface area contributed by atoms with E-state index < -0.39 is 27.1 Å². The van der Waals surface area contributed by atoms with Crippen molar-refractivity contribution in [1.82, 2.24) is 0 Å². The van der Waals surface area contributed by atoms with E-state index in [1.54, 1.807) is 6.08 Å². The van der Waals surface area contributed by atoms with Crippen LogP contribution in [0, 0.1) is 0 Å². The van der Waals surface area contributed by atoms with Crippen molar-refractivity contribution in [3.63, 3.8) is 0 Å². The molecule has 0 saturated heterocycles. The van der Waals surface area contributed by atoms with Crippen LogP contribution in [-0.4, -0.2) is 26.6 Å². The predicted octanol–water partition coefficient (Wildman–Crippen LogP) is 3.35. The van der Waals surface area contributed by atoms with Crippen molar-refractivity contribution < 1.29 is 24.0 Å². The summed E-state index contributed by atoms with van der Waals surface area (Å²) in [5, 5.41) is 7.49. The van der Waals surface area contributed by atoms with E-state index in [4.69, 9.17) is 14.9 Å². The van der Waals surface area contributed by atoms with E-state index in [-0.39, 0.29) is 6.42 Å². The molecule has 0 rings (SSSR count). The zero-order valence-electron chi connectivity index (χ0n) is 11.6. The van der Waals surface area contributed by atoms with Gasteiger partial charge in [-0.2, -0.15) is 0 Å². The highest BCUT2D eigenvalue weighted by Crippen LogP contribution is 2.54. The number of aliphatic hydroxyl groups is 1. The SMILES string of the molecule is CC(C)=CCCC(C)=CCC([P+](=O)CO)P(=O)(O)O. The van der Waals surface area contributed by atoms with Gasteiger partial charge in [0.05, 0.1) is 0 Å². The Bertz CT molecular complexity index is 404. The molecule has 2 atom stereocenters. The van der Waals surface area contributed by atoms with Gasteiger partial charge in [0.25, 0.3) is 5.40 Å². The number of hydrogen-bond acceptors (Lipinski definition) is 3. The van der Waals surface area contributed by atoms with Gasteiger partial charge < -0.3 is 14.9 Å². The quantitative estimate of drug-likeness (QED) is 0.472. The molecule has 0 aliphatic heterocycles. The van der Waals surface area contributed by atoms with Crippen molar-refractivity contribution in [1.29, 1.82) is 0 Å². The number of allylic oxidation sites excluding steroid dienone is 4. The Labute approximate surface area is 115 Å². The van der Waals surface area contributed by atoms with Gasteiger partial charge in [-0.25, -0.2) is 0 Å². The zero-order valence-corrected chi connectivity index (χ0v) is 13.4. The van der Waals surface area contributed by atoms with Crippen LogP contribution in [0.2, 0.25) is 0 Å². The molecule has 19 heavy (non-hydrogen) atoms. The van der Waals surface area contributed by atoms with Crippen LogP contribution in [0.3, 0.4) is 0 Å². The smallest absolute Gasteiger partial charge is 0.353 e. The van der Waals surface area contributed by atoms with Crippen LogP contribution in [0.4, 0.5) is 0 Å². The second kappa shape index (κ2) is 8.78.